The van der Waals surface area contributed by atoms with E-state index in [1.54, 1.807) is 11.3 Å². The largest absolute Gasteiger partial charge is 0.475 e. The van der Waals surface area contributed by atoms with E-state index in [9.17, 15) is 4.79 Å². The third-order valence-electron chi connectivity index (χ3n) is 4.91. The molecule has 2 heterocycles. The summed E-state index contributed by atoms with van der Waals surface area (Å²) in [6.07, 6.45) is 9.63. The summed E-state index contributed by atoms with van der Waals surface area (Å²) in [5.41, 5.74) is 3.13. The zero-order chi connectivity index (χ0) is 16.7. The van der Waals surface area contributed by atoms with Gasteiger partial charge in [0.05, 0.1) is 11.1 Å². The molecule has 3 aliphatic rings. The molecule has 0 spiro atoms. The van der Waals surface area contributed by atoms with Gasteiger partial charge < -0.3 is 10.1 Å². The smallest absolute Gasteiger partial charge is 0.251 e. The lowest BCUT2D eigenvalue weighted by atomic mass is 9.95. The SMILES string of the molecule is CC1(C)COC(c2c(NC(=O)C3=CCCC3)sc3c2CCCC3)=N1. The number of rotatable bonds is 3. The van der Waals surface area contributed by atoms with Gasteiger partial charge in [0.15, 0.2) is 0 Å². The molecule has 1 amide bonds. The number of aryl methyl sites for hydroxylation is 1. The van der Waals surface area contributed by atoms with Crippen molar-refractivity contribution in [2.45, 2.75) is 64.3 Å². The van der Waals surface area contributed by atoms with E-state index in [1.165, 1.54) is 23.3 Å². The van der Waals surface area contributed by atoms with Gasteiger partial charge in [-0.3, -0.25) is 4.79 Å². The lowest BCUT2D eigenvalue weighted by Gasteiger charge is -2.13. The van der Waals surface area contributed by atoms with E-state index in [1.807, 2.05) is 0 Å². The molecule has 0 aromatic carbocycles. The van der Waals surface area contributed by atoms with E-state index in [4.69, 9.17) is 9.73 Å². The van der Waals surface area contributed by atoms with Crippen LogP contribution in [-0.4, -0.2) is 24.0 Å². The molecule has 1 aromatic heterocycles. The molecular weight excluding hydrogens is 320 g/mol. The normalized spacial score (nSPS) is 21.8. The van der Waals surface area contributed by atoms with Gasteiger partial charge in [0.2, 0.25) is 5.90 Å². The second-order valence-electron chi connectivity index (χ2n) is 7.51. The van der Waals surface area contributed by atoms with Crippen molar-refractivity contribution in [3.05, 3.63) is 27.7 Å². The molecule has 0 fully saturated rings. The minimum Gasteiger partial charge on any atom is -0.475 e. The third kappa shape index (κ3) is 2.90. The first-order valence-corrected chi connectivity index (χ1v) is 9.73. The molecule has 0 bridgehead atoms. The highest BCUT2D eigenvalue weighted by atomic mass is 32.1. The van der Waals surface area contributed by atoms with Crippen LogP contribution in [0.2, 0.25) is 0 Å². The number of carbonyl (C=O) groups excluding carboxylic acids is 1. The van der Waals surface area contributed by atoms with Crippen LogP contribution >= 0.6 is 11.3 Å². The van der Waals surface area contributed by atoms with Gasteiger partial charge in [0.25, 0.3) is 5.91 Å². The van der Waals surface area contributed by atoms with Crippen molar-refractivity contribution in [3.63, 3.8) is 0 Å². The maximum atomic E-state index is 12.6. The monoisotopic (exact) mass is 344 g/mol. The number of hydrogen-bond acceptors (Lipinski definition) is 4. The molecule has 0 radical (unpaired) electrons. The maximum Gasteiger partial charge on any atom is 0.251 e. The lowest BCUT2D eigenvalue weighted by molar-refractivity contribution is -0.112. The fraction of sp³-hybridized carbons (Fsp3) is 0.579. The van der Waals surface area contributed by atoms with Gasteiger partial charge in [-0.1, -0.05) is 6.08 Å². The van der Waals surface area contributed by atoms with Gasteiger partial charge in [-0.2, -0.15) is 0 Å². The summed E-state index contributed by atoms with van der Waals surface area (Å²) in [5, 5.41) is 4.09. The van der Waals surface area contributed by atoms with Crippen molar-refractivity contribution < 1.29 is 9.53 Å². The minimum atomic E-state index is -0.186. The molecule has 4 nitrogen and oxygen atoms in total. The van der Waals surface area contributed by atoms with Crippen LogP contribution in [0.1, 0.15) is 62.0 Å². The van der Waals surface area contributed by atoms with Gasteiger partial charge in [-0.15, -0.1) is 11.3 Å². The summed E-state index contributed by atoms with van der Waals surface area (Å²) in [6, 6.07) is 0. The lowest BCUT2D eigenvalue weighted by Crippen LogP contribution is -2.17. The van der Waals surface area contributed by atoms with Crippen LogP contribution in [0, 0.1) is 0 Å². The predicted octanol–water partition coefficient (Wildman–Crippen LogP) is 4.23. The summed E-state index contributed by atoms with van der Waals surface area (Å²) in [7, 11) is 0. The number of allylic oxidation sites excluding steroid dienone is 1. The molecule has 24 heavy (non-hydrogen) atoms. The van der Waals surface area contributed by atoms with Crippen molar-refractivity contribution in [2.75, 3.05) is 11.9 Å². The summed E-state index contributed by atoms with van der Waals surface area (Å²) >= 11 is 1.72. The number of aliphatic imine (C=N–C) groups is 1. The van der Waals surface area contributed by atoms with Gasteiger partial charge in [0, 0.05) is 10.5 Å². The Balaban J connectivity index is 1.71. The molecule has 5 heteroatoms. The van der Waals surface area contributed by atoms with Crippen molar-refractivity contribution in [1.82, 2.24) is 0 Å². The summed E-state index contributed by atoms with van der Waals surface area (Å²) in [6.45, 7) is 4.77. The van der Waals surface area contributed by atoms with Crippen molar-refractivity contribution in [3.8, 4) is 0 Å². The standard InChI is InChI=1S/C19H24N2O2S/c1-19(2)11-23-17(21-19)15-13-9-5-6-10-14(13)24-18(15)20-16(22)12-7-3-4-8-12/h7H,3-6,8-11H2,1-2H3,(H,20,22). The molecule has 2 aliphatic carbocycles. The van der Waals surface area contributed by atoms with Gasteiger partial charge in [-0.25, -0.2) is 4.99 Å². The zero-order valence-corrected chi connectivity index (χ0v) is 15.2. The first kappa shape index (κ1) is 15.9. The van der Waals surface area contributed by atoms with E-state index in [0.717, 1.165) is 54.1 Å². The fourth-order valence-electron chi connectivity index (χ4n) is 3.65. The molecule has 4 rings (SSSR count). The average molecular weight is 344 g/mol. The van der Waals surface area contributed by atoms with Crippen LogP contribution in [0.25, 0.3) is 0 Å². The number of nitrogens with zero attached hydrogens (tertiary/aromatic N) is 1. The average Bonchev–Trinajstić information content (AvgIpc) is 3.25. The molecule has 0 saturated carbocycles. The molecule has 0 unspecified atom stereocenters. The third-order valence-corrected chi connectivity index (χ3v) is 6.12. The molecular formula is C19H24N2O2S. The van der Waals surface area contributed by atoms with Crippen molar-refractivity contribution in [1.29, 1.82) is 0 Å². The van der Waals surface area contributed by atoms with Crippen molar-refractivity contribution >= 4 is 28.1 Å². The number of nitrogens with one attached hydrogen (secondary N) is 1. The Morgan fingerprint density at radius 1 is 1.25 bits per heavy atom. The number of anilines is 1. The number of thiophene rings is 1. The molecule has 1 aromatic rings. The van der Waals surface area contributed by atoms with Crippen LogP contribution < -0.4 is 5.32 Å². The van der Waals surface area contributed by atoms with Crippen LogP contribution in [0.3, 0.4) is 0 Å². The first-order chi connectivity index (χ1) is 11.5. The summed E-state index contributed by atoms with van der Waals surface area (Å²) in [4.78, 5) is 18.7. The molecule has 0 atom stereocenters. The number of ether oxygens (including phenoxy) is 1. The van der Waals surface area contributed by atoms with E-state index in [2.05, 4.69) is 25.2 Å². The maximum absolute atomic E-state index is 12.6. The van der Waals surface area contributed by atoms with E-state index in [0.29, 0.717) is 6.61 Å². The quantitative estimate of drug-likeness (QED) is 0.892. The summed E-state index contributed by atoms with van der Waals surface area (Å²) < 4.78 is 5.92. The number of hydrogen-bond donors (Lipinski definition) is 1. The Morgan fingerprint density at radius 2 is 2.08 bits per heavy atom. The van der Waals surface area contributed by atoms with E-state index < -0.39 is 0 Å². The first-order valence-electron chi connectivity index (χ1n) is 8.91. The second kappa shape index (κ2) is 6.03. The van der Waals surface area contributed by atoms with Crippen LogP contribution in [-0.2, 0) is 22.4 Å². The number of carbonyl (C=O) groups is 1. The number of amides is 1. The Labute approximate surface area is 147 Å². The number of fused-ring (bicyclic) bond motifs is 1. The van der Waals surface area contributed by atoms with E-state index >= 15 is 0 Å². The van der Waals surface area contributed by atoms with Gasteiger partial charge >= 0.3 is 0 Å². The van der Waals surface area contributed by atoms with Crippen LogP contribution in [0.5, 0.6) is 0 Å². The van der Waals surface area contributed by atoms with Crippen LogP contribution in [0.15, 0.2) is 16.6 Å². The molecule has 1 N–H and O–H groups in total. The zero-order valence-electron chi connectivity index (χ0n) is 14.4. The van der Waals surface area contributed by atoms with Gasteiger partial charge in [-0.05, 0) is 64.4 Å². The highest BCUT2D eigenvalue weighted by Crippen LogP contribution is 2.40. The molecule has 1 aliphatic heterocycles. The second-order valence-corrected chi connectivity index (χ2v) is 8.61. The summed E-state index contributed by atoms with van der Waals surface area (Å²) in [5.74, 6) is 0.764. The Bertz CT molecular complexity index is 743. The Morgan fingerprint density at radius 3 is 2.79 bits per heavy atom. The molecule has 128 valence electrons. The molecule has 0 saturated heterocycles. The minimum absolute atomic E-state index is 0.0465. The predicted molar refractivity (Wildman–Crippen MR) is 98.1 cm³/mol. The van der Waals surface area contributed by atoms with E-state index in [-0.39, 0.29) is 11.4 Å². The Kier molecular flexibility index (Phi) is 3.99. The Hall–Kier alpha value is -1.62. The van der Waals surface area contributed by atoms with Gasteiger partial charge in [0.1, 0.15) is 11.6 Å². The highest BCUT2D eigenvalue weighted by Gasteiger charge is 2.33. The highest BCUT2D eigenvalue weighted by molar-refractivity contribution is 7.17. The topological polar surface area (TPSA) is 50.7 Å². The van der Waals surface area contributed by atoms with Crippen LogP contribution in [0.4, 0.5) is 5.00 Å². The fourth-order valence-corrected chi connectivity index (χ4v) is 4.93. The van der Waals surface area contributed by atoms with Crippen molar-refractivity contribution in [2.24, 2.45) is 4.99 Å².